The number of anilines is 1. The lowest BCUT2D eigenvalue weighted by Crippen LogP contribution is -2.41. The van der Waals surface area contributed by atoms with E-state index in [0.717, 1.165) is 11.2 Å². The highest BCUT2D eigenvalue weighted by atomic mass is 19.1. The molecule has 6 nitrogen and oxygen atoms in total. The lowest BCUT2D eigenvalue weighted by atomic mass is 9.77. The predicted octanol–water partition coefficient (Wildman–Crippen LogP) is 3.94. The summed E-state index contributed by atoms with van der Waals surface area (Å²) < 4.78 is 32.0. The van der Waals surface area contributed by atoms with E-state index in [2.05, 4.69) is 10.6 Å². The van der Waals surface area contributed by atoms with Crippen molar-refractivity contribution in [1.82, 2.24) is 5.32 Å². The summed E-state index contributed by atoms with van der Waals surface area (Å²) in [6.45, 7) is 7.96. The molecule has 0 spiro atoms. The van der Waals surface area contributed by atoms with E-state index in [-0.39, 0.29) is 11.7 Å². The van der Waals surface area contributed by atoms with Crippen LogP contribution in [0.25, 0.3) is 22.3 Å². The predicted molar refractivity (Wildman–Crippen MR) is 120 cm³/mol. The minimum absolute atomic E-state index is 0.296. The number of rotatable bonds is 4. The van der Waals surface area contributed by atoms with E-state index in [1.54, 1.807) is 26.2 Å². The summed E-state index contributed by atoms with van der Waals surface area (Å²) in [6.07, 6.45) is 0. The number of hydrogen-bond acceptors (Lipinski definition) is 5. The Morgan fingerprint density at radius 2 is 1.61 bits per heavy atom. The average Bonchev–Trinajstić information content (AvgIpc) is 3.20. The Morgan fingerprint density at radius 3 is 2.16 bits per heavy atom. The van der Waals surface area contributed by atoms with E-state index in [1.165, 1.54) is 12.1 Å². The first-order valence-corrected chi connectivity index (χ1v) is 10.2. The normalized spacial score (nSPS) is 17.2. The van der Waals surface area contributed by atoms with E-state index in [1.807, 2.05) is 39.8 Å². The standard InChI is InChI=1S/C23H26BFN2O4/c1-22(2)23(3,4)31-24(30-22)16-11-15-18(12-17(16)26-5)29-20(19(15)21(28)27-6)13-7-9-14(25)10-8-13/h7-12,26H,1-6H3,(H,27,28). The molecule has 31 heavy (non-hydrogen) atoms. The van der Waals surface area contributed by atoms with Crippen molar-refractivity contribution in [3.8, 4) is 11.3 Å². The van der Waals surface area contributed by atoms with Gasteiger partial charge in [0.15, 0.2) is 0 Å². The average molecular weight is 424 g/mol. The second-order valence-corrected chi connectivity index (χ2v) is 8.67. The molecule has 1 aliphatic heterocycles. The zero-order valence-electron chi connectivity index (χ0n) is 18.6. The summed E-state index contributed by atoms with van der Waals surface area (Å²) in [5.74, 6) is -0.278. The van der Waals surface area contributed by atoms with Crippen LogP contribution in [0, 0.1) is 5.82 Å². The number of nitrogens with one attached hydrogen (secondary N) is 2. The fourth-order valence-electron chi connectivity index (χ4n) is 3.70. The van der Waals surface area contributed by atoms with Gasteiger partial charge in [0, 0.05) is 42.3 Å². The first kappa shape index (κ1) is 21.4. The molecule has 4 rings (SSSR count). The highest BCUT2D eigenvalue weighted by Crippen LogP contribution is 2.39. The van der Waals surface area contributed by atoms with Crippen LogP contribution in [0.1, 0.15) is 38.1 Å². The quantitative estimate of drug-likeness (QED) is 0.621. The van der Waals surface area contributed by atoms with Gasteiger partial charge in [-0.25, -0.2) is 4.39 Å². The Labute approximate surface area is 181 Å². The molecule has 0 bridgehead atoms. The van der Waals surface area contributed by atoms with Crippen LogP contribution < -0.4 is 16.1 Å². The third-order valence-electron chi connectivity index (χ3n) is 6.20. The summed E-state index contributed by atoms with van der Waals surface area (Å²) in [5.41, 5.74) is 2.05. The van der Waals surface area contributed by atoms with Crippen LogP contribution in [-0.2, 0) is 9.31 Å². The molecule has 1 fully saturated rings. The van der Waals surface area contributed by atoms with Crippen molar-refractivity contribution in [3.05, 3.63) is 47.8 Å². The smallest absolute Gasteiger partial charge is 0.455 e. The molecule has 162 valence electrons. The SMILES string of the molecule is CNC(=O)c1c(-c2ccc(F)cc2)oc2cc(NC)c(B3OC(C)(C)C(C)(C)O3)cc12. The number of benzene rings is 2. The number of carbonyl (C=O) groups excluding carboxylic acids is 1. The lowest BCUT2D eigenvalue weighted by molar-refractivity contribution is 0.00578. The van der Waals surface area contributed by atoms with Gasteiger partial charge in [0.1, 0.15) is 17.2 Å². The molecule has 0 atom stereocenters. The molecule has 1 aliphatic rings. The maximum Gasteiger partial charge on any atom is 0.496 e. The van der Waals surface area contributed by atoms with Gasteiger partial charge in [-0.05, 0) is 58.0 Å². The van der Waals surface area contributed by atoms with Crippen molar-refractivity contribution in [1.29, 1.82) is 0 Å². The summed E-state index contributed by atoms with van der Waals surface area (Å²) in [4.78, 5) is 12.8. The van der Waals surface area contributed by atoms with Crippen LogP contribution in [-0.4, -0.2) is 38.3 Å². The maximum absolute atomic E-state index is 13.4. The highest BCUT2D eigenvalue weighted by Gasteiger charge is 2.52. The van der Waals surface area contributed by atoms with E-state index < -0.39 is 18.3 Å². The van der Waals surface area contributed by atoms with Gasteiger partial charge in [0.25, 0.3) is 5.91 Å². The van der Waals surface area contributed by atoms with E-state index in [9.17, 15) is 9.18 Å². The van der Waals surface area contributed by atoms with Gasteiger partial charge in [-0.15, -0.1) is 0 Å². The molecular formula is C23H26BFN2O4. The number of halogens is 1. The van der Waals surface area contributed by atoms with Crippen molar-refractivity contribution < 1.29 is 22.9 Å². The lowest BCUT2D eigenvalue weighted by Gasteiger charge is -2.32. The minimum atomic E-state index is -0.612. The van der Waals surface area contributed by atoms with Crippen LogP contribution in [0.4, 0.5) is 10.1 Å². The van der Waals surface area contributed by atoms with Gasteiger partial charge in [-0.2, -0.15) is 0 Å². The van der Waals surface area contributed by atoms with Gasteiger partial charge in [-0.3, -0.25) is 4.79 Å². The molecule has 0 radical (unpaired) electrons. The molecule has 0 saturated carbocycles. The number of carbonyl (C=O) groups is 1. The molecular weight excluding hydrogens is 398 g/mol. The van der Waals surface area contributed by atoms with E-state index >= 15 is 0 Å². The molecule has 0 unspecified atom stereocenters. The summed E-state index contributed by atoms with van der Waals surface area (Å²) in [6, 6.07) is 9.55. The minimum Gasteiger partial charge on any atom is -0.455 e. The fourth-order valence-corrected chi connectivity index (χ4v) is 3.70. The zero-order chi connectivity index (χ0) is 22.6. The van der Waals surface area contributed by atoms with E-state index in [0.29, 0.717) is 27.9 Å². The van der Waals surface area contributed by atoms with Crippen molar-refractivity contribution in [2.75, 3.05) is 19.4 Å². The number of hydrogen-bond donors (Lipinski definition) is 2. The third kappa shape index (κ3) is 3.49. The molecule has 2 aromatic carbocycles. The monoisotopic (exact) mass is 424 g/mol. The van der Waals surface area contributed by atoms with Crippen LogP contribution in [0.2, 0.25) is 0 Å². The fraction of sp³-hybridized carbons (Fsp3) is 0.348. The van der Waals surface area contributed by atoms with Crippen LogP contribution in [0.5, 0.6) is 0 Å². The van der Waals surface area contributed by atoms with Gasteiger partial charge >= 0.3 is 7.12 Å². The Kier molecular flexibility index (Phi) is 5.10. The number of amides is 1. The number of furan rings is 1. The van der Waals surface area contributed by atoms with Crippen molar-refractivity contribution in [3.63, 3.8) is 0 Å². The molecule has 3 aromatic rings. The van der Waals surface area contributed by atoms with Crippen LogP contribution in [0.3, 0.4) is 0 Å². The molecule has 2 heterocycles. The second-order valence-electron chi connectivity index (χ2n) is 8.67. The molecule has 0 aliphatic carbocycles. The first-order chi connectivity index (χ1) is 14.6. The van der Waals surface area contributed by atoms with Crippen LogP contribution in [0.15, 0.2) is 40.8 Å². The molecule has 1 amide bonds. The van der Waals surface area contributed by atoms with Gasteiger partial charge in [0.2, 0.25) is 0 Å². The largest absolute Gasteiger partial charge is 0.496 e. The Hall–Kier alpha value is -2.84. The van der Waals surface area contributed by atoms with E-state index in [4.69, 9.17) is 13.7 Å². The topological polar surface area (TPSA) is 72.7 Å². The summed E-state index contributed by atoms with van der Waals surface area (Å²) >= 11 is 0. The molecule has 1 saturated heterocycles. The molecule has 2 N–H and O–H groups in total. The van der Waals surface area contributed by atoms with Crippen molar-refractivity contribution in [2.45, 2.75) is 38.9 Å². The third-order valence-corrected chi connectivity index (χ3v) is 6.20. The van der Waals surface area contributed by atoms with Gasteiger partial charge < -0.3 is 24.4 Å². The van der Waals surface area contributed by atoms with Crippen molar-refractivity contribution >= 4 is 35.1 Å². The molecule has 1 aromatic heterocycles. The summed E-state index contributed by atoms with van der Waals surface area (Å²) in [7, 11) is 2.75. The van der Waals surface area contributed by atoms with Gasteiger partial charge in [0.05, 0.1) is 16.8 Å². The maximum atomic E-state index is 13.4. The first-order valence-electron chi connectivity index (χ1n) is 10.2. The van der Waals surface area contributed by atoms with Crippen LogP contribution >= 0.6 is 0 Å². The van der Waals surface area contributed by atoms with Crippen molar-refractivity contribution in [2.24, 2.45) is 0 Å². The Bertz CT molecular complexity index is 1140. The summed E-state index contributed by atoms with van der Waals surface area (Å²) in [5, 5.41) is 6.47. The second kappa shape index (κ2) is 7.39. The molecule has 8 heteroatoms. The number of fused-ring (bicyclic) bond motifs is 1. The Balaban J connectivity index is 1.92. The highest BCUT2D eigenvalue weighted by molar-refractivity contribution is 6.64. The Morgan fingerprint density at radius 1 is 1.00 bits per heavy atom. The van der Waals surface area contributed by atoms with Gasteiger partial charge in [-0.1, -0.05) is 0 Å². The zero-order valence-corrected chi connectivity index (χ0v) is 18.6.